The number of likely N-dealkylation sites (tertiary alicyclic amines) is 1. The van der Waals surface area contributed by atoms with Gasteiger partial charge in [-0.1, -0.05) is 0 Å². The molecule has 0 aromatic carbocycles. The monoisotopic (exact) mass is 270 g/mol. The lowest BCUT2D eigenvalue weighted by molar-refractivity contribution is -0.0703. The van der Waals surface area contributed by atoms with Crippen LogP contribution in [0.3, 0.4) is 0 Å². The van der Waals surface area contributed by atoms with Gasteiger partial charge in [-0.15, -0.1) is 0 Å². The van der Waals surface area contributed by atoms with Crippen LogP contribution < -0.4 is 5.32 Å². The van der Waals surface area contributed by atoms with Crippen molar-refractivity contribution in [3.63, 3.8) is 0 Å². The average Bonchev–Trinajstić information content (AvgIpc) is 2.97. The molecule has 0 radical (unpaired) electrons. The number of hydrogen-bond acceptors (Lipinski definition) is 4. The SMILES string of the molecule is CN1CCC(CNC2CCOC3(CCSC3)C2)C1. The van der Waals surface area contributed by atoms with Gasteiger partial charge in [-0.05, 0) is 57.5 Å². The molecule has 3 nitrogen and oxygen atoms in total. The maximum absolute atomic E-state index is 6.08. The van der Waals surface area contributed by atoms with Crippen molar-refractivity contribution >= 4 is 11.8 Å². The van der Waals surface area contributed by atoms with E-state index in [2.05, 4.69) is 29.0 Å². The maximum atomic E-state index is 6.08. The quantitative estimate of drug-likeness (QED) is 0.841. The molecule has 4 heteroatoms. The van der Waals surface area contributed by atoms with Crippen molar-refractivity contribution in [1.29, 1.82) is 0 Å². The Labute approximate surface area is 115 Å². The molecule has 3 rings (SSSR count). The van der Waals surface area contributed by atoms with Crippen LogP contribution in [0.15, 0.2) is 0 Å². The molecule has 3 aliphatic rings. The van der Waals surface area contributed by atoms with E-state index in [9.17, 15) is 0 Å². The van der Waals surface area contributed by atoms with Gasteiger partial charge in [-0.3, -0.25) is 0 Å². The minimum atomic E-state index is 0.229. The summed E-state index contributed by atoms with van der Waals surface area (Å²) in [6.07, 6.45) is 5.08. The molecule has 3 aliphatic heterocycles. The smallest absolute Gasteiger partial charge is 0.0795 e. The van der Waals surface area contributed by atoms with E-state index in [0.717, 1.165) is 12.5 Å². The number of nitrogens with zero attached hydrogens (tertiary/aromatic N) is 1. The summed E-state index contributed by atoms with van der Waals surface area (Å²) in [7, 11) is 2.24. The minimum absolute atomic E-state index is 0.229. The van der Waals surface area contributed by atoms with Crippen molar-refractivity contribution in [1.82, 2.24) is 10.2 Å². The van der Waals surface area contributed by atoms with Gasteiger partial charge in [0.25, 0.3) is 0 Å². The van der Waals surface area contributed by atoms with E-state index in [1.165, 1.54) is 56.8 Å². The summed E-state index contributed by atoms with van der Waals surface area (Å²) in [6, 6.07) is 0.698. The Kier molecular flexibility index (Phi) is 4.18. The Bertz CT molecular complexity index is 281. The lowest BCUT2D eigenvalue weighted by Crippen LogP contribution is -2.48. The fraction of sp³-hybridized carbons (Fsp3) is 1.00. The average molecular weight is 270 g/mol. The lowest BCUT2D eigenvalue weighted by atomic mass is 9.89. The van der Waals surface area contributed by atoms with E-state index >= 15 is 0 Å². The molecule has 0 aromatic heterocycles. The summed E-state index contributed by atoms with van der Waals surface area (Å²) < 4.78 is 6.08. The molecule has 3 fully saturated rings. The highest BCUT2D eigenvalue weighted by molar-refractivity contribution is 7.99. The minimum Gasteiger partial charge on any atom is -0.374 e. The Hall–Kier alpha value is 0.230. The highest BCUT2D eigenvalue weighted by Crippen LogP contribution is 2.38. The zero-order valence-electron chi connectivity index (χ0n) is 11.5. The van der Waals surface area contributed by atoms with Crippen molar-refractivity contribution in [3.8, 4) is 0 Å². The first-order chi connectivity index (χ1) is 8.76. The number of rotatable bonds is 3. The van der Waals surface area contributed by atoms with Crippen LogP contribution in [-0.2, 0) is 4.74 Å². The molecule has 0 saturated carbocycles. The second-order valence-corrected chi connectivity index (χ2v) is 7.45. The highest BCUT2D eigenvalue weighted by atomic mass is 32.2. The van der Waals surface area contributed by atoms with Crippen LogP contribution in [0, 0.1) is 5.92 Å². The standard InChI is InChI=1S/C14H26N2OS/c1-16-5-2-12(10-16)9-15-13-3-6-17-14(8-13)4-7-18-11-14/h12-13,15H,2-11H2,1H3. The van der Waals surface area contributed by atoms with Gasteiger partial charge in [-0.2, -0.15) is 11.8 Å². The molecule has 104 valence electrons. The van der Waals surface area contributed by atoms with Crippen LogP contribution in [0.4, 0.5) is 0 Å². The van der Waals surface area contributed by atoms with Crippen LogP contribution in [0.5, 0.6) is 0 Å². The maximum Gasteiger partial charge on any atom is 0.0795 e. The van der Waals surface area contributed by atoms with E-state index in [1.54, 1.807) is 0 Å². The van der Waals surface area contributed by atoms with Crippen molar-refractivity contribution in [2.45, 2.75) is 37.3 Å². The zero-order chi connectivity index (χ0) is 12.4. The second-order valence-electron chi connectivity index (χ2n) is 6.35. The fourth-order valence-corrected chi connectivity index (χ4v) is 4.97. The first-order valence-corrected chi connectivity index (χ1v) is 8.55. The number of hydrogen-bond donors (Lipinski definition) is 1. The van der Waals surface area contributed by atoms with E-state index < -0.39 is 0 Å². The van der Waals surface area contributed by atoms with Gasteiger partial charge in [0, 0.05) is 24.9 Å². The van der Waals surface area contributed by atoms with Gasteiger partial charge in [0.1, 0.15) is 0 Å². The van der Waals surface area contributed by atoms with Crippen molar-refractivity contribution in [2.24, 2.45) is 5.92 Å². The molecule has 0 aromatic rings. The van der Waals surface area contributed by atoms with Gasteiger partial charge in [0.15, 0.2) is 0 Å². The molecule has 3 unspecified atom stereocenters. The highest BCUT2D eigenvalue weighted by Gasteiger charge is 2.40. The van der Waals surface area contributed by atoms with Crippen molar-refractivity contribution in [2.75, 3.05) is 44.8 Å². The third-order valence-electron chi connectivity index (χ3n) is 4.74. The van der Waals surface area contributed by atoms with E-state index in [1.807, 2.05) is 0 Å². The number of ether oxygens (including phenoxy) is 1. The Morgan fingerprint density at radius 3 is 3.11 bits per heavy atom. The lowest BCUT2D eigenvalue weighted by Gasteiger charge is -2.38. The first kappa shape index (κ1) is 13.2. The molecule has 18 heavy (non-hydrogen) atoms. The Morgan fingerprint density at radius 1 is 1.44 bits per heavy atom. The summed E-state index contributed by atoms with van der Waals surface area (Å²) in [5.74, 6) is 3.38. The van der Waals surface area contributed by atoms with E-state index in [0.29, 0.717) is 6.04 Å². The molecular formula is C14H26N2OS. The third-order valence-corrected chi connectivity index (χ3v) is 5.97. The topological polar surface area (TPSA) is 24.5 Å². The zero-order valence-corrected chi connectivity index (χ0v) is 12.3. The Morgan fingerprint density at radius 2 is 2.39 bits per heavy atom. The van der Waals surface area contributed by atoms with Crippen molar-refractivity contribution < 1.29 is 4.74 Å². The summed E-state index contributed by atoms with van der Waals surface area (Å²) in [5, 5.41) is 3.82. The van der Waals surface area contributed by atoms with Crippen LogP contribution >= 0.6 is 11.8 Å². The molecule has 0 amide bonds. The van der Waals surface area contributed by atoms with Crippen LogP contribution in [-0.4, -0.2) is 61.3 Å². The van der Waals surface area contributed by atoms with Gasteiger partial charge in [0.2, 0.25) is 0 Å². The normalized spacial score (nSPS) is 41.8. The predicted molar refractivity (Wildman–Crippen MR) is 77.3 cm³/mol. The van der Waals surface area contributed by atoms with Crippen LogP contribution in [0.2, 0.25) is 0 Å². The summed E-state index contributed by atoms with van der Waals surface area (Å²) in [6.45, 7) is 4.72. The van der Waals surface area contributed by atoms with Crippen molar-refractivity contribution in [3.05, 3.63) is 0 Å². The second kappa shape index (κ2) is 5.70. The predicted octanol–water partition coefficient (Wildman–Crippen LogP) is 1.58. The molecule has 3 atom stereocenters. The molecular weight excluding hydrogens is 244 g/mol. The molecule has 1 spiro atoms. The summed E-state index contributed by atoms with van der Waals surface area (Å²) >= 11 is 2.07. The van der Waals surface area contributed by atoms with Gasteiger partial charge < -0.3 is 15.0 Å². The van der Waals surface area contributed by atoms with Gasteiger partial charge in [0.05, 0.1) is 5.60 Å². The van der Waals surface area contributed by atoms with Gasteiger partial charge in [-0.25, -0.2) is 0 Å². The summed E-state index contributed by atoms with van der Waals surface area (Å²) in [5.41, 5.74) is 0.229. The summed E-state index contributed by atoms with van der Waals surface area (Å²) in [4.78, 5) is 2.45. The van der Waals surface area contributed by atoms with Crippen LogP contribution in [0.25, 0.3) is 0 Å². The fourth-order valence-electron chi connectivity index (χ4n) is 3.59. The number of nitrogens with one attached hydrogen (secondary N) is 1. The molecule has 3 saturated heterocycles. The van der Waals surface area contributed by atoms with Gasteiger partial charge >= 0.3 is 0 Å². The van der Waals surface area contributed by atoms with E-state index in [-0.39, 0.29) is 5.60 Å². The van der Waals surface area contributed by atoms with Crippen LogP contribution in [0.1, 0.15) is 25.7 Å². The molecule has 0 bridgehead atoms. The van der Waals surface area contributed by atoms with E-state index in [4.69, 9.17) is 4.74 Å². The first-order valence-electron chi connectivity index (χ1n) is 7.39. The molecule has 1 N–H and O–H groups in total. The molecule has 0 aliphatic carbocycles. The third kappa shape index (κ3) is 3.03. The molecule has 3 heterocycles. The largest absolute Gasteiger partial charge is 0.374 e. The number of thioether (sulfide) groups is 1. The Balaban J connectivity index is 1.45.